The third-order valence-electron chi connectivity index (χ3n) is 3.63. The number of carboxylic acids is 1. The van der Waals surface area contributed by atoms with E-state index in [9.17, 15) is 9.59 Å². The molecule has 5 heteroatoms. The highest BCUT2D eigenvalue weighted by molar-refractivity contribution is 5.82. The van der Waals surface area contributed by atoms with Crippen molar-refractivity contribution in [3.05, 3.63) is 0 Å². The normalized spacial score (nSPS) is 33.3. The van der Waals surface area contributed by atoms with Crippen LogP contribution in [0.2, 0.25) is 0 Å². The summed E-state index contributed by atoms with van der Waals surface area (Å²) < 4.78 is 5.39. The Bertz CT molecular complexity index is 299. The number of carbonyl (C=O) groups is 2. The number of aliphatic carboxylic acids is 1. The molecule has 0 aromatic carbocycles. The highest BCUT2D eigenvalue weighted by Crippen LogP contribution is 2.26. The monoisotopic (exact) mass is 241 g/mol. The van der Waals surface area contributed by atoms with E-state index in [-0.39, 0.29) is 18.1 Å². The van der Waals surface area contributed by atoms with Gasteiger partial charge in [0.15, 0.2) is 0 Å². The first kappa shape index (κ1) is 12.4. The van der Waals surface area contributed by atoms with Crippen LogP contribution in [0.25, 0.3) is 0 Å². The molecule has 0 radical (unpaired) electrons. The molecule has 5 nitrogen and oxygen atoms in total. The standard InChI is InChI=1S/C12H19NO4/c14-11(10-6-1-2-7-17-10)13-9-5-3-4-8(9)12(15)16/h8-10H,1-7H2,(H,13,14)(H,15,16)/t8-,9+,10-/m0/s1. The summed E-state index contributed by atoms with van der Waals surface area (Å²) in [4.78, 5) is 22.9. The average molecular weight is 241 g/mol. The van der Waals surface area contributed by atoms with E-state index in [0.29, 0.717) is 13.0 Å². The molecule has 1 aliphatic carbocycles. The Morgan fingerprint density at radius 2 is 1.94 bits per heavy atom. The zero-order valence-electron chi connectivity index (χ0n) is 9.85. The van der Waals surface area contributed by atoms with E-state index < -0.39 is 11.9 Å². The van der Waals surface area contributed by atoms with Gasteiger partial charge in [0, 0.05) is 12.6 Å². The van der Waals surface area contributed by atoms with Gasteiger partial charge in [-0.2, -0.15) is 0 Å². The van der Waals surface area contributed by atoms with Crippen LogP contribution in [0, 0.1) is 5.92 Å². The SMILES string of the molecule is O=C(N[C@@H]1CCC[C@@H]1C(=O)O)[C@@H]1CCCCO1. The molecule has 96 valence electrons. The summed E-state index contributed by atoms with van der Waals surface area (Å²) in [6, 6.07) is -0.217. The summed E-state index contributed by atoms with van der Waals surface area (Å²) in [6.45, 7) is 0.630. The lowest BCUT2D eigenvalue weighted by Crippen LogP contribution is -2.46. The van der Waals surface area contributed by atoms with Gasteiger partial charge in [0.1, 0.15) is 6.10 Å². The maximum atomic E-state index is 11.9. The van der Waals surface area contributed by atoms with Crippen molar-refractivity contribution in [3.8, 4) is 0 Å². The molecular weight excluding hydrogens is 222 g/mol. The summed E-state index contributed by atoms with van der Waals surface area (Å²) in [6.07, 6.45) is 4.67. The van der Waals surface area contributed by atoms with Gasteiger partial charge in [-0.1, -0.05) is 6.42 Å². The number of amides is 1. The summed E-state index contributed by atoms with van der Waals surface area (Å²) in [7, 11) is 0. The second-order valence-electron chi connectivity index (χ2n) is 4.85. The Labute approximate surface area is 101 Å². The van der Waals surface area contributed by atoms with Crippen molar-refractivity contribution < 1.29 is 19.4 Å². The van der Waals surface area contributed by atoms with Gasteiger partial charge in [-0.25, -0.2) is 0 Å². The zero-order chi connectivity index (χ0) is 12.3. The van der Waals surface area contributed by atoms with Gasteiger partial charge in [0.2, 0.25) is 5.91 Å². The quantitative estimate of drug-likeness (QED) is 0.770. The van der Waals surface area contributed by atoms with Gasteiger partial charge in [-0.3, -0.25) is 9.59 Å². The van der Waals surface area contributed by atoms with Crippen molar-refractivity contribution in [1.82, 2.24) is 5.32 Å². The summed E-state index contributed by atoms with van der Waals surface area (Å²) in [5, 5.41) is 11.9. The number of hydrogen-bond acceptors (Lipinski definition) is 3. The Morgan fingerprint density at radius 3 is 2.59 bits per heavy atom. The van der Waals surface area contributed by atoms with E-state index in [1.807, 2.05) is 0 Å². The third kappa shape index (κ3) is 2.97. The fourth-order valence-electron chi connectivity index (χ4n) is 2.65. The third-order valence-corrected chi connectivity index (χ3v) is 3.63. The first-order valence-electron chi connectivity index (χ1n) is 6.33. The number of hydrogen-bond donors (Lipinski definition) is 2. The fraction of sp³-hybridized carbons (Fsp3) is 0.833. The largest absolute Gasteiger partial charge is 0.481 e. The molecule has 3 atom stereocenters. The number of nitrogens with one attached hydrogen (secondary N) is 1. The molecule has 1 amide bonds. The molecule has 1 aliphatic heterocycles. The van der Waals surface area contributed by atoms with E-state index >= 15 is 0 Å². The number of rotatable bonds is 3. The van der Waals surface area contributed by atoms with Crippen LogP contribution in [0.3, 0.4) is 0 Å². The fourth-order valence-corrected chi connectivity index (χ4v) is 2.65. The van der Waals surface area contributed by atoms with Crippen LogP contribution in [0.15, 0.2) is 0 Å². The topological polar surface area (TPSA) is 75.6 Å². The number of ether oxygens (including phenoxy) is 1. The van der Waals surface area contributed by atoms with Crippen LogP contribution < -0.4 is 5.32 Å². The van der Waals surface area contributed by atoms with Crippen molar-refractivity contribution in [1.29, 1.82) is 0 Å². The minimum absolute atomic E-state index is 0.136. The molecule has 0 unspecified atom stereocenters. The molecular formula is C12H19NO4. The number of carboxylic acid groups (broad SMARTS) is 1. The van der Waals surface area contributed by atoms with E-state index in [1.54, 1.807) is 0 Å². The molecule has 0 bridgehead atoms. The lowest BCUT2D eigenvalue weighted by molar-refractivity contribution is -0.143. The first-order valence-corrected chi connectivity index (χ1v) is 6.33. The van der Waals surface area contributed by atoms with Crippen LogP contribution in [0.5, 0.6) is 0 Å². The van der Waals surface area contributed by atoms with Gasteiger partial charge in [0.25, 0.3) is 0 Å². The average Bonchev–Trinajstić information content (AvgIpc) is 2.78. The van der Waals surface area contributed by atoms with Gasteiger partial charge in [-0.15, -0.1) is 0 Å². The Kier molecular flexibility index (Phi) is 3.99. The molecule has 2 N–H and O–H groups in total. The Hall–Kier alpha value is -1.10. The lowest BCUT2D eigenvalue weighted by atomic mass is 10.0. The van der Waals surface area contributed by atoms with Crippen LogP contribution in [-0.2, 0) is 14.3 Å². The lowest BCUT2D eigenvalue weighted by Gasteiger charge is -2.25. The van der Waals surface area contributed by atoms with Crippen molar-refractivity contribution >= 4 is 11.9 Å². The summed E-state index contributed by atoms with van der Waals surface area (Å²) >= 11 is 0. The van der Waals surface area contributed by atoms with Crippen molar-refractivity contribution in [2.45, 2.75) is 50.7 Å². The second kappa shape index (κ2) is 5.49. The molecule has 2 aliphatic rings. The Balaban J connectivity index is 1.86. The smallest absolute Gasteiger partial charge is 0.308 e. The zero-order valence-corrected chi connectivity index (χ0v) is 9.85. The van der Waals surface area contributed by atoms with Crippen LogP contribution in [-0.4, -0.2) is 35.7 Å². The molecule has 1 saturated carbocycles. The van der Waals surface area contributed by atoms with E-state index in [4.69, 9.17) is 9.84 Å². The molecule has 17 heavy (non-hydrogen) atoms. The molecule has 2 fully saturated rings. The van der Waals surface area contributed by atoms with Crippen molar-refractivity contribution in [2.24, 2.45) is 5.92 Å². The molecule has 0 aromatic rings. The predicted octanol–water partition coefficient (Wildman–Crippen LogP) is 0.925. The van der Waals surface area contributed by atoms with Crippen molar-refractivity contribution in [2.75, 3.05) is 6.61 Å². The van der Waals surface area contributed by atoms with E-state index in [0.717, 1.165) is 32.1 Å². The van der Waals surface area contributed by atoms with Crippen molar-refractivity contribution in [3.63, 3.8) is 0 Å². The Morgan fingerprint density at radius 1 is 1.12 bits per heavy atom. The van der Waals surface area contributed by atoms with E-state index in [2.05, 4.69) is 5.32 Å². The highest BCUT2D eigenvalue weighted by Gasteiger charge is 2.35. The second-order valence-corrected chi connectivity index (χ2v) is 4.85. The van der Waals surface area contributed by atoms with Gasteiger partial charge in [-0.05, 0) is 32.1 Å². The molecule has 0 spiro atoms. The molecule has 1 heterocycles. The van der Waals surface area contributed by atoms with Gasteiger partial charge in [0.05, 0.1) is 5.92 Å². The molecule has 0 aromatic heterocycles. The van der Waals surface area contributed by atoms with Crippen LogP contribution in [0.4, 0.5) is 0 Å². The highest BCUT2D eigenvalue weighted by atomic mass is 16.5. The number of carbonyl (C=O) groups excluding carboxylic acids is 1. The maximum absolute atomic E-state index is 11.9. The minimum atomic E-state index is -0.808. The van der Waals surface area contributed by atoms with E-state index in [1.165, 1.54) is 0 Å². The summed E-state index contributed by atoms with van der Waals surface area (Å²) in [5.74, 6) is -1.37. The molecule has 2 rings (SSSR count). The first-order chi connectivity index (χ1) is 8.18. The van der Waals surface area contributed by atoms with Crippen LogP contribution >= 0.6 is 0 Å². The van der Waals surface area contributed by atoms with Crippen LogP contribution in [0.1, 0.15) is 38.5 Å². The predicted molar refractivity (Wildman–Crippen MR) is 60.5 cm³/mol. The maximum Gasteiger partial charge on any atom is 0.308 e. The minimum Gasteiger partial charge on any atom is -0.481 e. The van der Waals surface area contributed by atoms with Gasteiger partial charge < -0.3 is 15.2 Å². The van der Waals surface area contributed by atoms with Gasteiger partial charge >= 0.3 is 5.97 Å². The summed E-state index contributed by atoms with van der Waals surface area (Å²) in [5.41, 5.74) is 0. The molecule has 1 saturated heterocycles.